The van der Waals surface area contributed by atoms with Crippen LogP contribution in [0.3, 0.4) is 0 Å². The van der Waals surface area contributed by atoms with E-state index in [9.17, 15) is 14.4 Å². The van der Waals surface area contributed by atoms with Gasteiger partial charge in [0.2, 0.25) is 0 Å². The molecule has 0 atom stereocenters. The molecule has 2 aromatic heterocycles. The topological polar surface area (TPSA) is 105 Å². The molecule has 0 spiro atoms. The van der Waals surface area contributed by atoms with Gasteiger partial charge in [-0.1, -0.05) is 12.1 Å². The van der Waals surface area contributed by atoms with Crippen LogP contribution >= 0.6 is 0 Å². The van der Waals surface area contributed by atoms with Crippen LogP contribution in [-0.2, 0) is 6.54 Å². The predicted octanol–water partition coefficient (Wildman–Crippen LogP) is 1.60. The molecule has 9 nitrogen and oxygen atoms in total. The van der Waals surface area contributed by atoms with Gasteiger partial charge in [0, 0.05) is 24.2 Å². The molecular weight excluding hydrogens is 456 g/mol. The quantitative estimate of drug-likeness (QED) is 0.176. The number of para-hydroxylation sites is 1. The third-order valence-corrected chi connectivity index (χ3v) is 6.68. The molecular formula is C27H36N6O3. The summed E-state index contributed by atoms with van der Waals surface area (Å²) in [6.07, 6.45) is 2.50. The lowest BCUT2D eigenvalue weighted by molar-refractivity contribution is 0.330. The fourth-order valence-corrected chi connectivity index (χ4v) is 4.83. The molecule has 0 saturated heterocycles. The Morgan fingerprint density at radius 2 is 1.64 bits per heavy atom. The highest BCUT2D eigenvalue weighted by molar-refractivity contribution is 6.07. The monoisotopic (exact) mass is 492 g/mol. The normalized spacial score (nSPS) is 12.1. The van der Waals surface area contributed by atoms with Gasteiger partial charge >= 0.3 is 5.69 Å². The van der Waals surface area contributed by atoms with Gasteiger partial charge in [0.1, 0.15) is 0 Å². The molecule has 2 heterocycles. The Morgan fingerprint density at radius 1 is 0.889 bits per heavy atom. The predicted molar refractivity (Wildman–Crippen MR) is 148 cm³/mol. The Kier molecular flexibility index (Phi) is 8.03. The molecule has 0 radical (unpaired) electrons. The second-order valence-corrected chi connectivity index (χ2v) is 9.69. The van der Waals surface area contributed by atoms with Gasteiger partial charge in [0.15, 0.2) is 5.43 Å². The summed E-state index contributed by atoms with van der Waals surface area (Å²) in [6.45, 7) is 4.25. The average molecular weight is 493 g/mol. The SMILES string of the molecule is CN(C)CCCn1c(=O)c2ccc(NCCCN(C)CCCN)c3c(=O)c4ccccc4n(c1=O)c23. The third kappa shape index (κ3) is 5.00. The fourth-order valence-electron chi connectivity index (χ4n) is 4.83. The van der Waals surface area contributed by atoms with E-state index in [1.54, 1.807) is 40.8 Å². The van der Waals surface area contributed by atoms with Gasteiger partial charge < -0.3 is 20.9 Å². The van der Waals surface area contributed by atoms with E-state index in [0.717, 1.165) is 32.5 Å². The summed E-state index contributed by atoms with van der Waals surface area (Å²) in [4.78, 5) is 45.0. The molecule has 0 aliphatic rings. The number of nitrogens with zero attached hydrogens (tertiary/aromatic N) is 4. The highest BCUT2D eigenvalue weighted by Gasteiger charge is 2.20. The molecule has 0 saturated carbocycles. The molecule has 4 rings (SSSR count). The number of nitrogens with two attached hydrogens (primary N) is 1. The molecule has 3 N–H and O–H groups in total. The molecule has 0 amide bonds. The van der Waals surface area contributed by atoms with Gasteiger partial charge in [-0.05, 0) is 90.8 Å². The van der Waals surface area contributed by atoms with Crippen molar-refractivity contribution in [2.45, 2.75) is 25.8 Å². The Labute approximate surface area is 210 Å². The average Bonchev–Trinajstić information content (AvgIpc) is 2.86. The smallest absolute Gasteiger partial charge is 0.336 e. The highest BCUT2D eigenvalue weighted by Crippen LogP contribution is 2.26. The van der Waals surface area contributed by atoms with Crippen molar-refractivity contribution in [2.24, 2.45) is 5.73 Å². The van der Waals surface area contributed by atoms with Crippen LogP contribution in [0.5, 0.6) is 0 Å². The van der Waals surface area contributed by atoms with Crippen LogP contribution in [-0.4, -0.2) is 72.6 Å². The summed E-state index contributed by atoms with van der Waals surface area (Å²) in [5.41, 5.74) is 6.20. The number of rotatable bonds is 12. The lowest BCUT2D eigenvalue weighted by Gasteiger charge is -2.18. The maximum absolute atomic E-state index is 13.7. The molecule has 9 heteroatoms. The number of aromatic nitrogens is 2. The lowest BCUT2D eigenvalue weighted by Crippen LogP contribution is -2.39. The van der Waals surface area contributed by atoms with Gasteiger partial charge in [-0.3, -0.25) is 18.6 Å². The van der Waals surface area contributed by atoms with E-state index >= 15 is 0 Å². The summed E-state index contributed by atoms with van der Waals surface area (Å²) >= 11 is 0. The summed E-state index contributed by atoms with van der Waals surface area (Å²) in [7, 11) is 5.99. The minimum Gasteiger partial charge on any atom is -0.384 e. The second kappa shape index (κ2) is 11.2. The first-order valence-electron chi connectivity index (χ1n) is 12.6. The number of benzene rings is 2. The van der Waals surface area contributed by atoms with Crippen LogP contribution < -0.4 is 27.7 Å². The number of fused-ring (bicyclic) bond motifs is 2. The number of nitrogens with one attached hydrogen (secondary N) is 1. The van der Waals surface area contributed by atoms with E-state index in [1.165, 1.54) is 4.57 Å². The van der Waals surface area contributed by atoms with Crippen molar-refractivity contribution >= 4 is 32.9 Å². The largest absolute Gasteiger partial charge is 0.384 e. The van der Waals surface area contributed by atoms with Crippen molar-refractivity contribution in [3.8, 4) is 0 Å². The van der Waals surface area contributed by atoms with Crippen LogP contribution in [0.4, 0.5) is 5.69 Å². The Balaban J connectivity index is 1.81. The summed E-state index contributed by atoms with van der Waals surface area (Å²) in [6, 6.07) is 10.6. The van der Waals surface area contributed by atoms with Crippen molar-refractivity contribution in [3.63, 3.8) is 0 Å². The number of hydrogen-bond donors (Lipinski definition) is 2. The number of anilines is 1. The first-order valence-corrected chi connectivity index (χ1v) is 12.6. The minimum atomic E-state index is -0.411. The molecule has 0 fully saturated rings. The molecule has 192 valence electrons. The minimum absolute atomic E-state index is 0.178. The summed E-state index contributed by atoms with van der Waals surface area (Å²) in [5, 5.41) is 4.61. The van der Waals surface area contributed by atoms with Crippen LogP contribution in [0.25, 0.3) is 27.2 Å². The molecule has 4 aromatic rings. The first kappa shape index (κ1) is 25.8. The Morgan fingerprint density at radius 3 is 2.39 bits per heavy atom. The van der Waals surface area contributed by atoms with Crippen molar-refractivity contribution in [1.29, 1.82) is 0 Å². The van der Waals surface area contributed by atoms with Crippen LogP contribution in [0.15, 0.2) is 50.8 Å². The third-order valence-electron chi connectivity index (χ3n) is 6.68. The van der Waals surface area contributed by atoms with E-state index in [4.69, 9.17) is 5.73 Å². The maximum atomic E-state index is 13.7. The van der Waals surface area contributed by atoms with Crippen LogP contribution in [0, 0.1) is 0 Å². The second-order valence-electron chi connectivity index (χ2n) is 9.69. The molecule has 36 heavy (non-hydrogen) atoms. The van der Waals surface area contributed by atoms with E-state index < -0.39 is 5.69 Å². The fraction of sp³-hybridized carbons (Fsp3) is 0.444. The molecule has 0 bridgehead atoms. The van der Waals surface area contributed by atoms with Gasteiger partial charge in [0.05, 0.1) is 21.8 Å². The van der Waals surface area contributed by atoms with Crippen molar-refractivity contribution in [2.75, 3.05) is 59.2 Å². The maximum Gasteiger partial charge on any atom is 0.336 e. The van der Waals surface area contributed by atoms with Gasteiger partial charge in [-0.2, -0.15) is 0 Å². The molecule has 2 aromatic carbocycles. The molecule has 0 aliphatic carbocycles. The zero-order valence-corrected chi connectivity index (χ0v) is 21.4. The summed E-state index contributed by atoms with van der Waals surface area (Å²) in [5.74, 6) is 0. The van der Waals surface area contributed by atoms with Crippen LogP contribution in [0.1, 0.15) is 19.3 Å². The van der Waals surface area contributed by atoms with Crippen molar-refractivity contribution in [3.05, 3.63) is 67.5 Å². The highest BCUT2D eigenvalue weighted by atomic mass is 16.2. The van der Waals surface area contributed by atoms with E-state index in [1.807, 2.05) is 19.0 Å². The number of pyridine rings is 1. The van der Waals surface area contributed by atoms with E-state index in [-0.39, 0.29) is 11.0 Å². The zero-order valence-electron chi connectivity index (χ0n) is 21.4. The van der Waals surface area contributed by atoms with E-state index in [0.29, 0.717) is 58.9 Å². The first-order chi connectivity index (χ1) is 17.3. The van der Waals surface area contributed by atoms with E-state index in [2.05, 4.69) is 17.3 Å². The van der Waals surface area contributed by atoms with Crippen LogP contribution in [0.2, 0.25) is 0 Å². The lowest BCUT2D eigenvalue weighted by atomic mass is 10.0. The van der Waals surface area contributed by atoms with Crippen molar-refractivity contribution in [1.82, 2.24) is 18.8 Å². The standard InChI is InChI=1S/C27H36N6O3/c1-30(2)15-8-18-32-26(35)20-11-12-21(29-14-7-17-31(3)16-6-13-28)23-24(20)33(27(32)36)22-10-5-4-9-19(22)25(23)34/h4-5,9-12,29H,6-8,13-18,28H2,1-3H3. The molecule has 0 aliphatic heterocycles. The Bertz CT molecular complexity index is 1520. The van der Waals surface area contributed by atoms with Gasteiger partial charge in [-0.25, -0.2) is 4.79 Å². The van der Waals surface area contributed by atoms with Crippen molar-refractivity contribution < 1.29 is 0 Å². The number of hydrogen-bond acceptors (Lipinski definition) is 7. The van der Waals surface area contributed by atoms with Gasteiger partial charge in [0.25, 0.3) is 5.56 Å². The molecule has 0 unspecified atom stereocenters. The summed E-state index contributed by atoms with van der Waals surface area (Å²) < 4.78 is 2.84. The zero-order chi connectivity index (χ0) is 25.8. The van der Waals surface area contributed by atoms with Gasteiger partial charge in [-0.15, -0.1) is 0 Å². The Hall–Kier alpha value is -3.27.